The molecular formula is C20H25ClN2O3S. The lowest BCUT2D eigenvalue weighted by Gasteiger charge is -2.32. The van der Waals surface area contributed by atoms with Crippen LogP contribution < -0.4 is 14.4 Å². The zero-order chi connectivity index (χ0) is 19.4. The van der Waals surface area contributed by atoms with Crippen molar-refractivity contribution in [3.8, 4) is 5.75 Å². The standard InChI is InChI=1S/C20H25ClN2O3S/c1-15-4-3-11-23(14-15)18-8-5-16(6-9-18)13-22-27(24,25)20-12-17(21)7-10-19(20)26-2/h5-10,12,15,22H,3-4,11,13-14H2,1-2H3/t15-/m1/s1. The fourth-order valence-electron chi connectivity index (χ4n) is 3.37. The SMILES string of the molecule is COc1ccc(Cl)cc1S(=O)(=O)NCc1ccc(N2CCC[C@@H](C)C2)cc1. The molecule has 3 rings (SSSR count). The Labute approximate surface area is 166 Å². The molecule has 2 aromatic rings. The Hall–Kier alpha value is -1.76. The summed E-state index contributed by atoms with van der Waals surface area (Å²) in [6.45, 7) is 4.62. The number of sulfonamides is 1. The Kier molecular flexibility index (Phi) is 6.29. The number of rotatable bonds is 6. The van der Waals surface area contributed by atoms with Crippen molar-refractivity contribution in [1.82, 2.24) is 4.72 Å². The van der Waals surface area contributed by atoms with Crippen LogP contribution in [0.4, 0.5) is 5.69 Å². The molecule has 7 heteroatoms. The molecule has 0 spiro atoms. The van der Waals surface area contributed by atoms with Crippen LogP contribution in [-0.4, -0.2) is 28.6 Å². The quantitative estimate of drug-likeness (QED) is 0.782. The number of nitrogens with one attached hydrogen (secondary N) is 1. The second-order valence-electron chi connectivity index (χ2n) is 6.98. The van der Waals surface area contributed by atoms with Gasteiger partial charge >= 0.3 is 0 Å². The summed E-state index contributed by atoms with van der Waals surface area (Å²) in [5.74, 6) is 0.972. The van der Waals surface area contributed by atoms with E-state index in [-0.39, 0.29) is 17.2 Å². The van der Waals surface area contributed by atoms with Gasteiger partial charge in [-0.2, -0.15) is 0 Å². The summed E-state index contributed by atoms with van der Waals surface area (Å²) in [5, 5.41) is 0.344. The molecule has 1 aliphatic heterocycles. The van der Waals surface area contributed by atoms with Crippen LogP contribution in [0.25, 0.3) is 0 Å². The van der Waals surface area contributed by atoms with Crippen LogP contribution in [0.5, 0.6) is 5.75 Å². The third-order valence-electron chi connectivity index (χ3n) is 4.84. The number of piperidine rings is 1. The highest BCUT2D eigenvalue weighted by Crippen LogP contribution is 2.27. The Bertz CT molecular complexity index is 885. The van der Waals surface area contributed by atoms with E-state index < -0.39 is 10.0 Å². The number of ether oxygens (including phenoxy) is 1. The predicted molar refractivity (Wildman–Crippen MR) is 109 cm³/mol. The van der Waals surface area contributed by atoms with Gasteiger partial charge < -0.3 is 9.64 Å². The third kappa shape index (κ3) is 4.94. The molecule has 146 valence electrons. The lowest BCUT2D eigenvalue weighted by atomic mass is 9.99. The minimum atomic E-state index is -3.73. The molecule has 2 aromatic carbocycles. The number of nitrogens with zero attached hydrogens (tertiary/aromatic N) is 1. The first kappa shape index (κ1) is 20.0. The molecule has 0 amide bonds. The summed E-state index contributed by atoms with van der Waals surface area (Å²) >= 11 is 5.95. The number of hydrogen-bond donors (Lipinski definition) is 1. The van der Waals surface area contributed by atoms with E-state index in [4.69, 9.17) is 16.3 Å². The molecule has 0 radical (unpaired) electrons. The topological polar surface area (TPSA) is 58.6 Å². The highest BCUT2D eigenvalue weighted by atomic mass is 35.5. The van der Waals surface area contributed by atoms with Gasteiger partial charge in [0.1, 0.15) is 10.6 Å². The monoisotopic (exact) mass is 408 g/mol. The highest BCUT2D eigenvalue weighted by Gasteiger charge is 2.20. The fourth-order valence-corrected chi connectivity index (χ4v) is 4.81. The van der Waals surface area contributed by atoms with E-state index in [0.29, 0.717) is 10.9 Å². The second kappa shape index (κ2) is 8.50. The maximum Gasteiger partial charge on any atom is 0.244 e. The van der Waals surface area contributed by atoms with Gasteiger partial charge in [-0.25, -0.2) is 13.1 Å². The molecule has 0 unspecified atom stereocenters. The zero-order valence-corrected chi connectivity index (χ0v) is 17.2. The van der Waals surface area contributed by atoms with E-state index in [1.54, 1.807) is 12.1 Å². The predicted octanol–water partition coefficient (Wildman–Crippen LogP) is 4.06. The van der Waals surface area contributed by atoms with E-state index in [0.717, 1.165) is 18.7 Å². The first-order valence-electron chi connectivity index (χ1n) is 9.06. The summed E-state index contributed by atoms with van der Waals surface area (Å²) < 4.78 is 33.0. The zero-order valence-electron chi connectivity index (χ0n) is 15.6. The van der Waals surface area contributed by atoms with Gasteiger partial charge in [-0.3, -0.25) is 0 Å². The third-order valence-corrected chi connectivity index (χ3v) is 6.50. The smallest absolute Gasteiger partial charge is 0.244 e. The molecule has 0 aromatic heterocycles. The second-order valence-corrected chi connectivity index (χ2v) is 9.15. The average molecular weight is 409 g/mol. The van der Waals surface area contributed by atoms with Gasteiger partial charge in [0.25, 0.3) is 0 Å². The van der Waals surface area contributed by atoms with Crippen LogP contribution >= 0.6 is 11.6 Å². The molecule has 1 fully saturated rings. The number of halogens is 1. The summed E-state index contributed by atoms with van der Waals surface area (Å²) in [6, 6.07) is 12.6. The first-order chi connectivity index (χ1) is 12.9. The molecule has 0 aliphatic carbocycles. The summed E-state index contributed by atoms with van der Waals surface area (Å²) in [4.78, 5) is 2.43. The Morgan fingerprint density at radius 2 is 1.96 bits per heavy atom. The molecule has 1 N–H and O–H groups in total. The molecule has 1 aliphatic rings. The van der Waals surface area contributed by atoms with E-state index in [1.807, 2.05) is 12.1 Å². The van der Waals surface area contributed by atoms with Crippen molar-refractivity contribution in [2.75, 3.05) is 25.1 Å². The number of hydrogen-bond acceptors (Lipinski definition) is 4. The Morgan fingerprint density at radius 1 is 1.22 bits per heavy atom. The van der Waals surface area contributed by atoms with Crippen molar-refractivity contribution in [1.29, 1.82) is 0 Å². The summed E-state index contributed by atoms with van der Waals surface area (Å²) in [5.41, 5.74) is 2.08. The molecule has 1 saturated heterocycles. The van der Waals surface area contributed by atoms with Crippen LogP contribution in [0.1, 0.15) is 25.3 Å². The Balaban J connectivity index is 1.68. The van der Waals surface area contributed by atoms with E-state index in [9.17, 15) is 8.42 Å². The maximum atomic E-state index is 12.6. The van der Waals surface area contributed by atoms with Crippen LogP contribution in [0.15, 0.2) is 47.4 Å². The van der Waals surface area contributed by atoms with E-state index in [2.05, 4.69) is 28.7 Å². The van der Waals surface area contributed by atoms with Gasteiger partial charge in [0.2, 0.25) is 10.0 Å². The van der Waals surface area contributed by atoms with Crippen molar-refractivity contribution < 1.29 is 13.2 Å². The normalized spacial score (nSPS) is 17.7. The molecule has 27 heavy (non-hydrogen) atoms. The maximum absolute atomic E-state index is 12.6. The Morgan fingerprint density at radius 3 is 2.63 bits per heavy atom. The molecule has 0 saturated carbocycles. The minimum absolute atomic E-state index is 0.0384. The first-order valence-corrected chi connectivity index (χ1v) is 10.9. The minimum Gasteiger partial charge on any atom is -0.495 e. The van der Waals surface area contributed by atoms with Crippen molar-refractivity contribution in [3.05, 3.63) is 53.1 Å². The van der Waals surface area contributed by atoms with Crippen molar-refractivity contribution in [3.63, 3.8) is 0 Å². The van der Waals surface area contributed by atoms with Crippen molar-refractivity contribution in [2.24, 2.45) is 5.92 Å². The largest absolute Gasteiger partial charge is 0.495 e. The molecule has 5 nitrogen and oxygen atoms in total. The van der Waals surface area contributed by atoms with Gasteiger partial charge in [0.15, 0.2) is 0 Å². The highest BCUT2D eigenvalue weighted by molar-refractivity contribution is 7.89. The number of anilines is 1. The number of methoxy groups -OCH3 is 1. The van der Waals surface area contributed by atoms with Crippen LogP contribution in [0, 0.1) is 5.92 Å². The van der Waals surface area contributed by atoms with Gasteiger partial charge in [-0.05, 0) is 54.7 Å². The van der Waals surface area contributed by atoms with Crippen LogP contribution in [0.3, 0.4) is 0 Å². The molecule has 1 heterocycles. The molecular weight excluding hydrogens is 384 g/mol. The summed E-state index contributed by atoms with van der Waals surface area (Å²) in [7, 11) is -2.30. The van der Waals surface area contributed by atoms with E-state index >= 15 is 0 Å². The van der Waals surface area contributed by atoms with Gasteiger partial charge in [-0.1, -0.05) is 30.7 Å². The number of benzene rings is 2. The lowest BCUT2D eigenvalue weighted by molar-refractivity contribution is 0.402. The lowest BCUT2D eigenvalue weighted by Crippen LogP contribution is -2.34. The van der Waals surface area contributed by atoms with Crippen LogP contribution in [0.2, 0.25) is 5.02 Å². The average Bonchev–Trinajstić information content (AvgIpc) is 2.67. The summed E-state index contributed by atoms with van der Waals surface area (Å²) in [6.07, 6.45) is 2.49. The van der Waals surface area contributed by atoms with Crippen molar-refractivity contribution in [2.45, 2.75) is 31.2 Å². The molecule has 0 bridgehead atoms. The van der Waals surface area contributed by atoms with Gasteiger partial charge in [0, 0.05) is 30.3 Å². The van der Waals surface area contributed by atoms with E-state index in [1.165, 1.54) is 31.7 Å². The van der Waals surface area contributed by atoms with Crippen LogP contribution in [-0.2, 0) is 16.6 Å². The van der Waals surface area contributed by atoms with Gasteiger partial charge in [0.05, 0.1) is 7.11 Å². The fraction of sp³-hybridized carbons (Fsp3) is 0.400. The van der Waals surface area contributed by atoms with Crippen molar-refractivity contribution >= 4 is 27.3 Å². The molecule has 1 atom stereocenters. The van der Waals surface area contributed by atoms with Gasteiger partial charge in [-0.15, -0.1) is 0 Å².